The van der Waals surface area contributed by atoms with Gasteiger partial charge in [0, 0.05) is 30.7 Å². The minimum absolute atomic E-state index is 0.311. The van der Waals surface area contributed by atoms with Crippen LogP contribution in [0.25, 0.3) is 0 Å². The highest BCUT2D eigenvalue weighted by atomic mass is 14.9. The van der Waals surface area contributed by atoms with Gasteiger partial charge in [-0.25, -0.2) is 0 Å². The van der Waals surface area contributed by atoms with Crippen LogP contribution in [0.15, 0.2) is 18.5 Å². The molecule has 1 rings (SSSR count). The molecule has 0 fully saturated rings. The number of aromatic nitrogens is 1. The largest absolute Gasteiger partial charge is 0.381 e. The average molecular weight is 165 g/mol. The molecule has 0 spiro atoms. The predicted octanol–water partition coefficient (Wildman–Crippen LogP) is 1.15. The van der Waals surface area contributed by atoms with E-state index in [9.17, 15) is 0 Å². The third-order valence-electron chi connectivity index (χ3n) is 1.78. The average Bonchev–Trinajstić information content (AvgIpc) is 2.09. The summed E-state index contributed by atoms with van der Waals surface area (Å²) in [5, 5.41) is 3.29. The van der Waals surface area contributed by atoms with Crippen molar-refractivity contribution >= 4 is 5.69 Å². The summed E-state index contributed by atoms with van der Waals surface area (Å²) in [6.07, 6.45) is 3.62. The topological polar surface area (TPSA) is 50.9 Å². The Balaban J connectivity index is 2.69. The SMILES string of the molecule is Cc1cnccc1NC(C)CN. The molecule has 0 aliphatic carbocycles. The fourth-order valence-corrected chi connectivity index (χ4v) is 0.960. The summed E-state index contributed by atoms with van der Waals surface area (Å²) in [5.74, 6) is 0. The lowest BCUT2D eigenvalue weighted by Gasteiger charge is -2.14. The van der Waals surface area contributed by atoms with Crippen LogP contribution >= 0.6 is 0 Å². The van der Waals surface area contributed by atoms with Gasteiger partial charge in [0.25, 0.3) is 0 Å². The summed E-state index contributed by atoms with van der Waals surface area (Å²) in [6.45, 7) is 4.72. The fraction of sp³-hybridized carbons (Fsp3) is 0.444. The number of rotatable bonds is 3. The molecule has 0 saturated carbocycles. The smallest absolute Gasteiger partial charge is 0.0403 e. The van der Waals surface area contributed by atoms with Crippen LogP contribution in [0.1, 0.15) is 12.5 Å². The number of nitrogens with two attached hydrogens (primary N) is 1. The Morgan fingerprint density at radius 3 is 3.00 bits per heavy atom. The van der Waals surface area contributed by atoms with Crippen molar-refractivity contribution in [2.45, 2.75) is 19.9 Å². The van der Waals surface area contributed by atoms with E-state index in [4.69, 9.17) is 5.73 Å². The normalized spacial score (nSPS) is 12.6. The van der Waals surface area contributed by atoms with Gasteiger partial charge in [-0.05, 0) is 25.5 Å². The zero-order chi connectivity index (χ0) is 8.97. The van der Waals surface area contributed by atoms with Crippen LogP contribution in [-0.4, -0.2) is 17.6 Å². The number of hydrogen-bond acceptors (Lipinski definition) is 3. The molecule has 0 aliphatic rings. The van der Waals surface area contributed by atoms with Gasteiger partial charge < -0.3 is 11.1 Å². The molecule has 0 amide bonds. The highest BCUT2D eigenvalue weighted by molar-refractivity contribution is 5.49. The summed E-state index contributed by atoms with van der Waals surface area (Å²) in [7, 11) is 0. The standard InChI is InChI=1S/C9H15N3/c1-7-6-11-4-3-9(7)12-8(2)5-10/h3-4,6,8H,5,10H2,1-2H3,(H,11,12). The van der Waals surface area contributed by atoms with Gasteiger partial charge in [-0.15, -0.1) is 0 Å². The van der Waals surface area contributed by atoms with E-state index in [-0.39, 0.29) is 0 Å². The first-order chi connectivity index (χ1) is 5.74. The molecule has 1 aromatic heterocycles. The zero-order valence-electron chi connectivity index (χ0n) is 7.54. The number of aryl methyl sites for hydroxylation is 1. The summed E-state index contributed by atoms with van der Waals surface area (Å²) in [6, 6.07) is 2.27. The molecule has 1 atom stereocenters. The molecule has 0 aliphatic heterocycles. The van der Waals surface area contributed by atoms with Gasteiger partial charge in [0.05, 0.1) is 0 Å². The molecule has 0 saturated heterocycles. The summed E-state index contributed by atoms with van der Waals surface area (Å²) in [5.41, 5.74) is 7.76. The third kappa shape index (κ3) is 2.20. The lowest BCUT2D eigenvalue weighted by Crippen LogP contribution is -2.25. The first-order valence-corrected chi connectivity index (χ1v) is 4.11. The van der Waals surface area contributed by atoms with Crippen molar-refractivity contribution in [1.29, 1.82) is 0 Å². The van der Waals surface area contributed by atoms with Crippen LogP contribution in [0, 0.1) is 6.92 Å². The molecular weight excluding hydrogens is 150 g/mol. The lowest BCUT2D eigenvalue weighted by molar-refractivity contribution is 0.802. The summed E-state index contributed by atoms with van der Waals surface area (Å²) in [4.78, 5) is 4.01. The van der Waals surface area contributed by atoms with E-state index in [2.05, 4.69) is 17.2 Å². The van der Waals surface area contributed by atoms with Gasteiger partial charge >= 0.3 is 0 Å². The molecule has 1 aromatic rings. The van der Waals surface area contributed by atoms with Crippen molar-refractivity contribution in [3.8, 4) is 0 Å². The molecule has 1 heterocycles. The molecular formula is C9H15N3. The Morgan fingerprint density at radius 2 is 2.42 bits per heavy atom. The van der Waals surface area contributed by atoms with Crippen molar-refractivity contribution < 1.29 is 0 Å². The quantitative estimate of drug-likeness (QED) is 0.706. The highest BCUT2D eigenvalue weighted by Gasteiger charge is 2.00. The van der Waals surface area contributed by atoms with Crippen molar-refractivity contribution in [2.75, 3.05) is 11.9 Å². The van der Waals surface area contributed by atoms with E-state index in [0.29, 0.717) is 12.6 Å². The molecule has 0 aromatic carbocycles. The van der Waals surface area contributed by atoms with Gasteiger partial charge in [-0.1, -0.05) is 0 Å². The second-order valence-corrected chi connectivity index (χ2v) is 2.97. The van der Waals surface area contributed by atoms with E-state index in [1.807, 2.05) is 19.2 Å². The van der Waals surface area contributed by atoms with Crippen LogP contribution in [0.5, 0.6) is 0 Å². The van der Waals surface area contributed by atoms with E-state index in [1.54, 1.807) is 6.20 Å². The number of nitrogens with one attached hydrogen (secondary N) is 1. The van der Waals surface area contributed by atoms with Crippen LogP contribution in [-0.2, 0) is 0 Å². The Hall–Kier alpha value is -1.09. The van der Waals surface area contributed by atoms with Crippen molar-refractivity contribution in [2.24, 2.45) is 5.73 Å². The molecule has 66 valence electrons. The van der Waals surface area contributed by atoms with Gasteiger partial charge in [0.1, 0.15) is 0 Å². The highest BCUT2D eigenvalue weighted by Crippen LogP contribution is 2.12. The number of nitrogens with zero attached hydrogens (tertiary/aromatic N) is 1. The van der Waals surface area contributed by atoms with E-state index >= 15 is 0 Å². The van der Waals surface area contributed by atoms with Crippen molar-refractivity contribution in [3.63, 3.8) is 0 Å². The maximum absolute atomic E-state index is 5.49. The van der Waals surface area contributed by atoms with Gasteiger partial charge in [0.15, 0.2) is 0 Å². The van der Waals surface area contributed by atoms with E-state index in [0.717, 1.165) is 11.3 Å². The third-order valence-corrected chi connectivity index (χ3v) is 1.78. The van der Waals surface area contributed by atoms with Crippen LogP contribution in [0.2, 0.25) is 0 Å². The van der Waals surface area contributed by atoms with Crippen LogP contribution in [0.3, 0.4) is 0 Å². The predicted molar refractivity (Wildman–Crippen MR) is 51.1 cm³/mol. The van der Waals surface area contributed by atoms with E-state index < -0.39 is 0 Å². The minimum atomic E-state index is 0.311. The Kier molecular flexibility index (Phi) is 3.05. The fourth-order valence-electron chi connectivity index (χ4n) is 0.960. The first-order valence-electron chi connectivity index (χ1n) is 4.11. The zero-order valence-corrected chi connectivity index (χ0v) is 7.54. The molecule has 3 nitrogen and oxygen atoms in total. The monoisotopic (exact) mass is 165 g/mol. The number of hydrogen-bond donors (Lipinski definition) is 2. The molecule has 0 radical (unpaired) electrons. The Labute approximate surface area is 73.0 Å². The second kappa shape index (κ2) is 4.07. The molecule has 0 bridgehead atoms. The van der Waals surface area contributed by atoms with Crippen LogP contribution in [0.4, 0.5) is 5.69 Å². The maximum atomic E-state index is 5.49. The maximum Gasteiger partial charge on any atom is 0.0403 e. The lowest BCUT2D eigenvalue weighted by atomic mass is 10.2. The van der Waals surface area contributed by atoms with Gasteiger partial charge in [-0.2, -0.15) is 0 Å². The van der Waals surface area contributed by atoms with Crippen LogP contribution < -0.4 is 11.1 Å². The number of anilines is 1. The molecule has 1 unspecified atom stereocenters. The molecule has 3 N–H and O–H groups in total. The number of pyridine rings is 1. The first kappa shape index (κ1) is 9.00. The Morgan fingerprint density at radius 1 is 1.67 bits per heavy atom. The van der Waals surface area contributed by atoms with Crippen molar-refractivity contribution in [1.82, 2.24) is 4.98 Å². The Bertz CT molecular complexity index is 247. The molecule has 3 heteroatoms. The van der Waals surface area contributed by atoms with Gasteiger partial charge in [-0.3, -0.25) is 4.98 Å². The molecule has 12 heavy (non-hydrogen) atoms. The summed E-state index contributed by atoms with van der Waals surface area (Å²) < 4.78 is 0. The van der Waals surface area contributed by atoms with Crippen molar-refractivity contribution in [3.05, 3.63) is 24.0 Å². The van der Waals surface area contributed by atoms with E-state index in [1.165, 1.54) is 0 Å². The second-order valence-electron chi connectivity index (χ2n) is 2.97. The minimum Gasteiger partial charge on any atom is -0.381 e. The summed E-state index contributed by atoms with van der Waals surface area (Å²) >= 11 is 0. The van der Waals surface area contributed by atoms with Gasteiger partial charge in [0.2, 0.25) is 0 Å².